The van der Waals surface area contributed by atoms with Gasteiger partial charge >= 0.3 is 12.1 Å². The molecule has 0 aromatic rings. The Morgan fingerprint density at radius 3 is 2.27 bits per heavy atom. The minimum Gasteiger partial charge on any atom is -0.467 e. The number of carbonyl (C=O) groups excluding carboxylic acids is 2. The number of ether oxygens (including phenoxy) is 2. The summed E-state index contributed by atoms with van der Waals surface area (Å²) in [5.74, 6) is -0.382. The van der Waals surface area contributed by atoms with Crippen LogP contribution in [0.4, 0.5) is 4.79 Å². The van der Waals surface area contributed by atoms with E-state index >= 15 is 0 Å². The molecule has 0 radical (unpaired) electrons. The van der Waals surface area contributed by atoms with Gasteiger partial charge in [0.2, 0.25) is 0 Å². The summed E-state index contributed by atoms with van der Waals surface area (Å²) in [6.45, 7) is 5.92. The second-order valence-electron chi connectivity index (χ2n) is 4.50. The molecule has 1 amide bonds. The van der Waals surface area contributed by atoms with Crippen molar-refractivity contribution in [3.05, 3.63) is 0 Å². The highest BCUT2D eigenvalue weighted by atomic mass is 16.6. The van der Waals surface area contributed by atoms with Crippen LogP contribution in [-0.2, 0) is 14.3 Å². The Kier molecular flexibility index (Phi) is 3.21. The average molecular weight is 215 g/mol. The highest BCUT2D eigenvalue weighted by Crippen LogP contribution is 2.21. The van der Waals surface area contributed by atoms with Crippen LogP contribution in [0.1, 0.15) is 27.2 Å². The lowest BCUT2D eigenvalue weighted by atomic mass is 10.0. The van der Waals surface area contributed by atoms with Crippen LogP contribution < -0.4 is 0 Å². The van der Waals surface area contributed by atoms with E-state index in [1.54, 1.807) is 20.8 Å². The number of amides is 1. The lowest BCUT2D eigenvalue weighted by Gasteiger charge is -2.39. The van der Waals surface area contributed by atoms with Crippen LogP contribution in [-0.4, -0.2) is 42.3 Å². The molecule has 1 aliphatic rings. The topological polar surface area (TPSA) is 55.8 Å². The first-order valence-electron chi connectivity index (χ1n) is 4.92. The summed E-state index contributed by atoms with van der Waals surface area (Å²) < 4.78 is 9.72. The fourth-order valence-electron chi connectivity index (χ4n) is 1.31. The fourth-order valence-corrected chi connectivity index (χ4v) is 1.31. The molecule has 0 aliphatic carbocycles. The maximum absolute atomic E-state index is 11.6. The molecule has 1 heterocycles. The summed E-state index contributed by atoms with van der Waals surface area (Å²) >= 11 is 0. The van der Waals surface area contributed by atoms with Gasteiger partial charge in [0, 0.05) is 6.54 Å². The van der Waals surface area contributed by atoms with E-state index in [1.807, 2.05) is 0 Å². The maximum Gasteiger partial charge on any atom is 0.411 e. The molecule has 0 bridgehead atoms. The zero-order valence-electron chi connectivity index (χ0n) is 9.57. The van der Waals surface area contributed by atoms with E-state index in [0.717, 1.165) is 0 Å². The van der Waals surface area contributed by atoms with Crippen molar-refractivity contribution >= 4 is 12.1 Å². The molecule has 86 valence electrons. The van der Waals surface area contributed by atoms with E-state index in [1.165, 1.54) is 12.0 Å². The Morgan fingerprint density at radius 1 is 1.33 bits per heavy atom. The summed E-state index contributed by atoms with van der Waals surface area (Å²) in [5.41, 5.74) is -0.534. The van der Waals surface area contributed by atoms with Crippen molar-refractivity contribution in [2.45, 2.75) is 38.8 Å². The van der Waals surface area contributed by atoms with Crippen LogP contribution in [0.25, 0.3) is 0 Å². The summed E-state index contributed by atoms with van der Waals surface area (Å²) in [7, 11) is 1.31. The van der Waals surface area contributed by atoms with Gasteiger partial charge in [-0.25, -0.2) is 9.59 Å². The highest BCUT2D eigenvalue weighted by molar-refractivity contribution is 5.83. The van der Waals surface area contributed by atoms with Crippen LogP contribution in [0.5, 0.6) is 0 Å². The van der Waals surface area contributed by atoms with Crippen molar-refractivity contribution in [2.75, 3.05) is 13.7 Å². The first-order valence-corrected chi connectivity index (χ1v) is 4.92. The van der Waals surface area contributed by atoms with Crippen LogP contribution in [0.15, 0.2) is 0 Å². The smallest absolute Gasteiger partial charge is 0.411 e. The van der Waals surface area contributed by atoms with Crippen LogP contribution in [0.2, 0.25) is 0 Å². The number of nitrogens with zero attached hydrogens (tertiary/aromatic N) is 1. The Hall–Kier alpha value is -1.26. The quantitative estimate of drug-likeness (QED) is 0.616. The van der Waals surface area contributed by atoms with Gasteiger partial charge in [-0.3, -0.25) is 4.90 Å². The van der Waals surface area contributed by atoms with Gasteiger partial charge in [-0.2, -0.15) is 0 Å². The van der Waals surface area contributed by atoms with Crippen LogP contribution in [0.3, 0.4) is 0 Å². The number of hydrogen-bond donors (Lipinski definition) is 0. The standard InChI is InChI=1S/C10H17NO4/c1-10(2,3)15-9(13)11-6-5-7(11)8(12)14-4/h7H,5-6H2,1-4H3/t7-/m0/s1. The number of hydrogen-bond acceptors (Lipinski definition) is 4. The summed E-state index contributed by atoms with van der Waals surface area (Å²) in [5, 5.41) is 0. The van der Waals surface area contributed by atoms with Crippen molar-refractivity contribution in [1.82, 2.24) is 4.90 Å². The molecule has 0 aromatic heterocycles. The predicted octanol–water partition coefficient (Wildman–Crippen LogP) is 1.17. The molecule has 1 rings (SSSR count). The molecule has 0 aromatic carbocycles. The zero-order valence-corrected chi connectivity index (χ0v) is 9.57. The largest absolute Gasteiger partial charge is 0.467 e. The normalized spacial score (nSPS) is 20.5. The Balaban J connectivity index is 2.51. The van der Waals surface area contributed by atoms with Gasteiger partial charge in [0.1, 0.15) is 11.6 Å². The second kappa shape index (κ2) is 4.08. The van der Waals surface area contributed by atoms with Gasteiger partial charge in [-0.1, -0.05) is 0 Å². The van der Waals surface area contributed by atoms with Gasteiger partial charge in [-0.05, 0) is 27.2 Å². The number of methoxy groups -OCH3 is 1. The van der Waals surface area contributed by atoms with E-state index in [4.69, 9.17) is 4.74 Å². The van der Waals surface area contributed by atoms with Crippen molar-refractivity contribution in [2.24, 2.45) is 0 Å². The van der Waals surface area contributed by atoms with E-state index in [2.05, 4.69) is 4.74 Å². The predicted molar refractivity (Wildman–Crippen MR) is 53.4 cm³/mol. The summed E-state index contributed by atoms with van der Waals surface area (Å²) in [4.78, 5) is 24.2. The van der Waals surface area contributed by atoms with Gasteiger partial charge < -0.3 is 9.47 Å². The fraction of sp³-hybridized carbons (Fsp3) is 0.800. The second-order valence-corrected chi connectivity index (χ2v) is 4.50. The van der Waals surface area contributed by atoms with E-state index in [0.29, 0.717) is 13.0 Å². The third kappa shape index (κ3) is 2.84. The van der Waals surface area contributed by atoms with Crippen LogP contribution >= 0.6 is 0 Å². The number of likely N-dealkylation sites (tertiary alicyclic amines) is 1. The molecule has 5 nitrogen and oxygen atoms in total. The first-order chi connectivity index (χ1) is 6.85. The van der Waals surface area contributed by atoms with E-state index in [9.17, 15) is 9.59 Å². The maximum atomic E-state index is 11.6. The molecule has 1 fully saturated rings. The molecule has 0 saturated carbocycles. The van der Waals surface area contributed by atoms with Gasteiger partial charge in [0.25, 0.3) is 0 Å². The van der Waals surface area contributed by atoms with Crippen molar-refractivity contribution in [3.63, 3.8) is 0 Å². The molecular weight excluding hydrogens is 198 g/mol. The Bertz CT molecular complexity index is 269. The monoisotopic (exact) mass is 215 g/mol. The number of esters is 1. The first kappa shape index (κ1) is 11.8. The molecule has 0 unspecified atom stereocenters. The SMILES string of the molecule is COC(=O)[C@@H]1CCN1C(=O)OC(C)(C)C. The minimum absolute atomic E-state index is 0.382. The molecule has 0 N–H and O–H groups in total. The summed E-state index contributed by atoms with van der Waals surface area (Å²) in [6.07, 6.45) is 0.190. The molecule has 1 saturated heterocycles. The third-order valence-electron chi connectivity index (χ3n) is 2.12. The molecular formula is C10H17NO4. The molecule has 1 aliphatic heterocycles. The Labute approximate surface area is 89.3 Å². The lowest BCUT2D eigenvalue weighted by molar-refractivity contribution is -0.151. The van der Waals surface area contributed by atoms with Gasteiger partial charge in [-0.15, -0.1) is 0 Å². The van der Waals surface area contributed by atoms with Crippen molar-refractivity contribution in [1.29, 1.82) is 0 Å². The molecule has 0 spiro atoms. The highest BCUT2D eigenvalue weighted by Gasteiger charge is 2.40. The Morgan fingerprint density at radius 2 is 1.93 bits per heavy atom. The van der Waals surface area contributed by atoms with Gasteiger partial charge in [0.15, 0.2) is 0 Å². The van der Waals surface area contributed by atoms with Crippen LogP contribution in [0, 0.1) is 0 Å². The van der Waals surface area contributed by atoms with Crippen molar-refractivity contribution in [3.8, 4) is 0 Å². The third-order valence-corrected chi connectivity index (χ3v) is 2.12. The van der Waals surface area contributed by atoms with E-state index < -0.39 is 17.7 Å². The van der Waals surface area contributed by atoms with Crippen molar-refractivity contribution < 1.29 is 19.1 Å². The number of carbonyl (C=O) groups is 2. The van der Waals surface area contributed by atoms with Gasteiger partial charge in [0.05, 0.1) is 7.11 Å². The lowest BCUT2D eigenvalue weighted by Crippen LogP contribution is -2.56. The summed E-state index contributed by atoms with van der Waals surface area (Å²) in [6, 6.07) is -0.468. The molecule has 15 heavy (non-hydrogen) atoms. The average Bonchev–Trinajstić information content (AvgIpc) is 1.97. The number of rotatable bonds is 1. The minimum atomic E-state index is -0.534. The molecule has 1 atom stereocenters. The van der Waals surface area contributed by atoms with E-state index in [-0.39, 0.29) is 5.97 Å². The molecule has 5 heteroatoms. The zero-order chi connectivity index (χ0) is 11.6.